The van der Waals surface area contributed by atoms with Crippen LogP contribution in [0.5, 0.6) is 0 Å². The molecule has 0 spiro atoms. The van der Waals surface area contributed by atoms with Crippen LogP contribution in [0.15, 0.2) is 6.20 Å². The van der Waals surface area contributed by atoms with E-state index in [9.17, 15) is 0 Å². The van der Waals surface area contributed by atoms with Crippen LogP contribution < -0.4 is 0 Å². The van der Waals surface area contributed by atoms with Gasteiger partial charge in [-0.2, -0.15) is 0 Å². The fourth-order valence-electron chi connectivity index (χ4n) is 0.534. The molecule has 0 atom stereocenters. The first kappa shape index (κ1) is 7.47. The molecule has 1 rings (SSSR count). The van der Waals surface area contributed by atoms with Gasteiger partial charge in [-0.3, -0.25) is 0 Å². The lowest BCUT2D eigenvalue weighted by atomic mass is 10.2. The molecule has 1 nitrogen and oxygen atoms in total. The van der Waals surface area contributed by atoms with Gasteiger partial charge in [0.1, 0.15) is 0 Å². The summed E-state index contributed by atoms with van der Waals surface area (Å²) in [4.78, 5) is 4.23. The molecule has 1 aromatic rings. The number of nitrogens with zero attached hydrogens (tertiary/aromatic N) is 1. The number of aromatic nitrogens is 1. The van der Waals surface area contributed by atoms with Crippen LogP contribution in [0.2, 0.25) is 0 Å². The summed E-state index contributed by atoms with van der Waals surface area (Å²) < 4.78 is 1.27. The summed E-state index contributed by atoms with van der Waals surface area (Å²) in [7, 11) is 0. The van der Waals surface area contributed by atoms with Crippen LogP contribution in [0.3, 0.4) is 0 Å². The molecule has 0 unspecified atom stereocenters. The van der Waals surface area contributed by atoms with Crippen LogP contribution >= 0.6 is 33.9 Å². The number of thiazole rings is 1. The van der Waals surface area contributed by atoms with E-state index in [1.54, 1.807) is 11.3 Å². The first-order valence-corrected chi connectivity index (χ1v) is 4.71. The van der Waals surface area contributed by atoms with Gasteiger partial charge in [0.15, 0.2) is 0 Å². The van der Waals surface area contributed by atoms with Crippen LogP contribution in [-0.4, -0.2) is 4.98 Å². The van der Waals surface area contributed by atoms with Gasteiger partial charge in [0.05, 0.1) is 14.1 Å². The third-order valence-electron chi connectivity index (χ3n) is 0.989. The van der Waals surface area contributed by atoms with Gasteiger partial charge in [-0.1, -0.05) is 13.8 Å². The Morgan fingerprint density at radius 1 is 1.67 bits per heavy atom. The van der Waals surface area contributed by atoms with Crippen LogP contribution in [0.4, 0.5) is 0 Å². The lowest BCUT2D eigenvalue weighted by Gasteiger charge is -1.94. The number of hydrogen-bond acceptors (Lipinski definition) is 2. The van der Waals surface area contributed by atoms with Gasteiger partial charge in [0, 0.05) is 5.92 Å². The van der Waals surface area contributed by atoms with E-state index in [2.05, 4.69) is 41.4 Å². The maximum Gasteiger partial charge on any atom is 0.0961 e. The molecule has 50 valence electrons. The Bertz CT molecular complexity index is 195. The highest BCUT2D eigenvalue weighted by Crippen LogP contribution is 2.21. The molecule has 1 heterocycles. The average Bonchev–Trinajstić information content (AvgIpc) is 2.14. The fraction of sp³-hybridized carbons (Fsp3) is 0.500. The Hall–Kier alpha value is 0.360. The normalized spacial score (nSPS) is 10.7. The molecular weight excluding hydrogens is 245 g/mol. The number of halogens is 1. The monoisotopic (exact) mass is 253 g/mol. The summed E-state index contributed by atoms with van der Waals surface area (Å²) in [5.41, 5.74) is 0. The third-order valence-corrected chi connectivity index (χ3v) is 3.01. The molecule has 0 saturated carbocycles. The minimum Gasteiger partial charge on any atom is -0.248 e. The van der Waals surface area contributed by atoms with Gasteiger partial charge in [-0.15, -0.1) is 11.3 Å². The molecular formula is C6H8INS. The molecule has 1 aromatic heterocycles. The molecule has 0 saturated heterocycles. The Balaban J connectivity index is 2.85. The van der Waals surface area contributed by atoms with Gasteiger partial charge < -0.3 is 0 Å². The quantitative estimate of drug-likeness (QED) is 0.701. The van der Waals surface area contributed by atoms with E-state index in [4.69, 9.17) is 0 Å². The Morgan fingerprint density at radius 2 is 2.33 bits per heavy atom. The summed E-state index contributed by atoms with van der Waals surface area (Å²) >= 11 is 4.06. The summed E-state index contributed by atoms with van der Waals surface area (Å²) in [6, 6.07) is 0. The average molecular weight is 253 g/mol. The zero-order valence-corrected chi connectivity index (χ0v) is 8.36. The summed E-state index contributed by atoms with van der Waals surface area (Å²) in [6.07, 6.45) is 1.92. The summed E-state index contributed by atoms with van der Waals surface area (Å²) in [5.74, 6) is 0.582. The van der Waals surface area contributed by atoms with Crippen molar-refractivity contribution in [3.8, 4) is 0 Å². The maximum atomic E-state index is 4.23. The SMILES string of the molecule is CC(C)c1ncc(I)s1. The zero-order chi connectivity index (χ0) is 6.85. The highest BCUT2D eigenvalue weighted by atomic mass is 127. The Kier molecular flexibility index (Phi) is 2.46. The molecule has 0 aliphatic rings. The van der Waals surface area contributed by atoms with E-state index in [-0.39, 0.29) is 0 Å². The molecule has 0 bridgehead atoms. The molecule has 0 N–H and O–H groups in total. The van der Waals surface area contributed by atoms with Crippen molar-refractivity contribution in [3.05, 3.63) is 14.1 Å². The number of rotatable bonds is 1. The van der Waals surface area contributed by atoms with Gasteiger partial charge >= 0.3 is 0 Å². The van der Waals surface area contributed by atoms with Crippen molar-refractivity contribution >= 4 is 33.9 Å². The molecule has 0 aliphatic carbocycles. The topological polar surface area (TPSA) is 12.9 Å². The lowest BCUT2D eigenvalue weighted by Crippen LogP contribution is -1.81. The van der Waals surface area contributed by atoms with Crippen molar-refractivity contribution in [1.29, 1.82) is 0 Å². The fourth-order valence-corrected chi connectivity index (χ4v) is 2.00. The van der Waals surface area contributed by atoms with Gasteiger partial charge in [-0.25, -0.2) is 4.98 Å². The highest BCUT2D eigenvalue weighted by molar-refractivity contribution is 14.1. The molecule has 9 heavy (non-hydrogen) atoms. The van der Waals surface area contributed by atoms with Crippen LogP contribution in [-0.2, 0) is 0 Å². The van der Waals surface area contributed by atoms with E-state index in [1.807, 2.05) is 6.20 Å². The molecule has 0 aromatic carbocycles. The second-order valence-electron chi connectivity index (χ2n) is 2.16. The predicted octanol–water partition coefficient (Wildman–Crippen LogP) is 2.87. The number of hydrogen-bond donors (Lipinski definition) is 0. The van der Waals surface area contributed by atoms with Crippen molar-refractivity contribution in [2.24, 2.45) is 0 Å². The third kappa shape index (κ3) is 1.89. The van der Waals surface area contributed by atoms with Crippen molar-refractivity contribution in [2.75, 3.05) is 0 Å². The Labute approximate surface area is 72.6 Å². The van der Waals surface area contributed by atoms with E-state index in [1.165, 1.54) is 7.89 Å². The second-order valence-corrected chi connectivity index (χ2v) is 5.11. The lowest BCUT2D eigenvalue weighted by molar-refractivity contribution is 0.852. The van der Waals surface area contributed by atoms with Gasteiger partial charge in [0.25, 0.3) is 0 Å². The van der Waals surface area contributed by atoms with Crippen LogP contribution in [0, 0.1) is 2.88 Å². The molecule has 3 heteroatoms. The van der Waals surface area contributed by atoms with Crippen molar-refractivity contribution < 1.29 is 0 Å². The molecule has 0 aliphatic heterocycles. The smallest absolute Gasteiger partial charge is 0.0961 e. The Morgan fingerprint density at radius 3 is 2.56 bits per heavy atom. The van der Waals surface area contributed by atoms with Crippen LogP contribution in [0.1, 0.15) is 24.8 Å². The van der Waals surface area contributed by atoms with E-state index in [0.717, 1.165) is 0 Å². The van der Waals surface area contributed by atoms with Crippen molar-refractivity contribution in [3.63, 3.8) is 0 Å². The highest BCUT2D eigenvalue weighted by Gasteiger charge is 2.02. The van der Waals surface area contributed by atoms with E-state index in [0.29, 0.717) is 5.92 Å². The summed E-state index contributed by atoms with van der Waals surface area (Å²) in [5, 5.41) is 1.24. The van der Waals surface area contributed by atoms with Crippen molar-refractivity contribution in [2.45, 2.75) is 19.8 Å². The standard InChI is InChI=1S/C6H8INS/c1-4(2)6-8-3-5(7)9-6/h3-4H,1-2H3. The first-order chi connectivity index (χ1) is 4.20. The van der Waals surface area contributed by atoms with Crippen molar-refractivity contribution in [1.82, 2.24) is 4.98 Å². The van der Waals surface area contributed by atoms with E-state index >= 15 is 0 Å². The zero-order valence-electron chi connectivity index (χ0n) is 5.39. The largest absolute Gasteiger partial charge is 0.248 e. The minimum absolute atomic E-state index is 0.582. The van der Waals surface area contributed by atoms with E-state index < -0.39 is 0 Å². The molecule has 0 amide bonds. The van der Waals surface area contributed by atoms with Crippen LogP contribution in [0.25, 0.3) is 0 Å². The molecule has 0 fully saturated rings. The maximum absolute atomic E-state index is 4.23. The van der Waals surface area contributed by atoms with Gasteiger partial charge in [0.2, 0.25) is 0 Å². The minimum atomic E-state index is 0.582. The van der Waals surface area contributed by atoms with Gasteiger partial charge in [-0.05, 0) is 22.6 Å². The second kappa shape index (κ2) is 2.96. The summed E-state index contributed by atoms with van der Waals surface area (Å²) in [6.45, 7) is 4.32. The molecule has 0 radical (unpaired) electrons. The predicted molar refractivity (Wildman–Crippen MR) is 48.9 cm³/mol. The first-order valence-electron chi connectivity index (χ1n) is 2.81.